The maximum absolute atomic E-state index is 13.5. The summed E-state index contributed by atoms with van der Waals surface area (Å²) in [7, 11) is -2.37. The molecule has 1 fully saturated rings. The first-order chi connectivity index (χ1) is 15.4. The number of nitrogens with one attached hydrogen (secondary N) is 1. The molecule has 4 rings (SSSR count). The van der Waals surface area contributed by atoms with Crippen molar-refractivity contribution in [2.45, 2.75) is 50.0 Å². The summed E-state index contributed by atoms with van der Waals surface area (Å²) in [5.41, 5.74) is 1.35. The van der Waals surface area contributed by atoms with Gasteiger partial charge < -0.3 is 14.8 Å². The van der Waals surface area contributed by atoms with Crippen LogP contribution in [0.25, 0.3) is 0 Å². The number of aryl methyl sites for hydroxylation is 1. The summed E-state index contributed by atoms with van der Waals surface area (Å²) in [6.07, 6.45) is 4.96. The van der Waals surface area contributed by atoms with Gasteiger partial charge in [-0.2, -0.15) is 0 Å². The van der Waals surface area contributed by atoms with E-state index in [0.717, 1.165) is 18.4 Å². The number of fused-ring (bicyclic) bond motifs is 1. The summed E-state index contributed by atoms with van der Waals surface area (Å²) in [6, 6.07) is 11.6. The van der Waals surface area contributed by atoms with Crippen molar-refractivity contribution in [3.63, 3.8) is 0 Å². The fraction of sp³-hybridized carbons (Fsp3) is 0.458. The van der Waals surface area contributed by atoms with Crippen molar-refractivity contribution in [2.24, 2.45) is 5.92 Å². The first-order valence-electron chi connectivity index (χ1n) is 11.1. The Morgan fingerprint density at radius 2 is 1.84 bits per heavy atom. The molecule has 1 aliphatic heterocycles. The quantitative estimate of drug-likeness (QED) is 0.714. The van der Waals surface area contributed by atoms with Gasteiger partial charge in [0.05, 0.1) is 24.2 Å². The van der Waals surface area contributed by atoms with Crippen LogP contribution in [-0.2, 0) is 14.8 Å². The summed E-state index contributed by atoms with van der Waals surface area (Å²) >= 11 is 0. The van der Waals surface area contributed by atoms with Crippen LogP contribution in [0.5, 0.6) is 11.5 Å². The van der Waals surface area contributed by atoms with Gasteiger partial charge in [0.15, 0.2) is 6.10 Å². The van der Waals surface area contributed by atoms with Crippen LogP contribution in [0.15, 0.2) is 47.4 Å². The topological polar surface area (TPSA) is 84.9 Å². The lowest BCUT2D eigenvalue weighted by molar-refractivity contribution is -0.128. The Kier molecular flexibility index (Phi) is 6.60. The second kappa shape index (κ2) is 9.40. The number of ether oxygens (including phenoxy) is 2. The third-order valence-corrected chi connectivity index (χ3v) is 8.01. The summed E-state index contributed by atoms with van der Waals surface area (Å²) < 4.78 is 39.4. The number of carbonyl (C=O) groups excluding carboxylic acids is 1. The van der Waals surface area contributed by atoms with E-state index in [1.54, 1.807) is 24.3 Å². The van der Waals surface area contributed by atoms with Crippen LogP contribution >= 0.6 is 0 Å². The second-order valence-electron chi connectivity index (χ2n) is 8.54. The molecule has 8 heteroatoms. The van der Waals surface area contributed by atoms with Crippen molar-refractivity contribution >= 4 is 21.6 Å². The predicted molar refractivity (Wildman–Crippen MR) is 123 cm³/mol. The summed E-state index contributed by atoms with van der Waals surface area (Å²) in [5.74, 6) is 1.15. The van der Waals surface area contributed by atoms with Gasteiger partial charge >= 0.3 is 0 Å². The number of rotatable bonds is 6. The van der Waals surface area contributed by atoms with Gasteiger partial charge in [0, 0.05) is 6.54 Å². The molecule has 7 nitrogen and oxygen atoms in total. The van der Waals surface area contributed by atoms with Gasteiger partial charge in [0.1, 0.15) is 11.5 Å². The lowest BCUT2D eigenvalue weighted by Gasteiger charge is -2.35. The van der Waals surface area contributed by atoms with Gasteiger partial charge in [-0.05, 0) is 67.6 Å². The maximum atomic E-state index is 13.5. The average molecular weight is 459 g/mol. The van der Waals surface area contributed by atoms with Gasteiger partial charge in [0.2, 0.25) is 0 Å². The Morgan fingerprint density at radius 1 is 1.12 bits per heavy atom. The molecular formula is C24H30N2O5S. The number of amides is 1. The zero-order valence-electron chi connectivity index (χ0n) is 18.5. The summed E-state index contributed by atoms with van der Waals surface area (Å²) in [5, 5.41) is 2.99. The smallest absolute Gasteiger partial charge is 0.264 e. The zero-order valence-corrected chi connectivity index (χ0v) is 19.4. The Labute approximate surface area is 189 Å². The third kappa shape index (κ3) is 4.70. The number of benzene rings is 2. The summed E-state index contributed by atoms with van der Waals surface area (Å²) in [4.78, 5) is 13.1. The summed E-state index contributed by atoms with van der Waals surface area (Å²) in [6.45, 7) is 2.41. The molecule has 0 bridgehead atoms. The number of sulfonamides is 1. The van der Waals surface area contributed by atoms with Crippen LogP contribution in [0.1, 0.15) is 37.7 Å². The molecule has 0 aromatic heterocycles. The highest BCUT2D eigenvalue weighted by molar-refractivity contribution is 7.92. The van der Waals surface area contributed by atoms with Crippen LogP contribution in [0, 0.1) is 12.8 Å². The molecule has 32 heavy (non-hydrogen) atoms. The predicted octanol–water partition coefficient (Wildman–Crippen LogP) is 3.66. The Balaban J connectivity index is 1.59. The number of methoxy groups -OCH3 is 1. The standard InChI is InChI=1S/C24H30N2O5S/c1-17-8-13-22-21(14-17)26(32(28,29)20-11-9-19(30-2)10-12-20)16-23(31-22)24(27)25-15-18-6-4-3-5-7-18/h8-14,18,23H,3-7,15-16H2,1-2H3,(H,25,27)/t23-/m0/s1. The molecule has 1 saturated carbocycles. The van der Waals surface area contributed by atoms with Gasteiger partial charge in [-0.3, -0.25) is 9.10 Å². The molecule has 1 atom stereocenters. The molecule has 0 unspecified atom stereocenters. The minimum absolute atomic E-state index is 0.0820. The lowest BCUT2D eigenvalue weighted by atomic mass is 9.89. The molecule has 1 amide bonds. The average Bonchev–Trinajstić information content (AvgIpc) is 2.82. The number of anilines is 1. The van der Waals surface area contributed by atoms with Crippen molar-refractivity contribution in [1.29, 1.82) is 0 Å². The monoisotopic (exact) mass is 458 g/mol. The maximum Gasteiger partial charge on any atom is 0.264 e. The molecule has 2 aromatic carbocycles. The van der Waals surface area contributed by atoms with Gasteiger partial charge in [0.25, 0.3) is 15.9 Å². The van der Waals surface area contributed by atoms with E-state index in [9.17, 15) is 13.2 Å². The minimum Gasteiger partial charge on any atom is -0.497 e. The fourth-order valence-corrected chi connectivity index (χ4v) is 5.82. The largest absolute Gasteiger partial charge is 0.497 e. The van der Waals surface area contributed by atoms with Crippen LogP contribution in [0.2, 0.25) is 0 Å². The molecular weight excluding hydrogens is 428 g/mol. The fourth-order valence-electron chi connectivity index (χ4n) is 4.35. The molecule has 0 saturated heterocycles. The molecule has 1 N–H and O–H groups in total. The van der Waals surface area contributed by atoms with Crippen LogP contribution in [0.3, 0.4) is 0 Å². The molecule has 1 heterocycles. The van der Waals surface area contributed by atoms with Crippen molar-refractivity contribution in [1.82, 2.24) is 5.32 Å². The SMILES string of the molecule is COc1ccc(S(=O)(=O)N2C[C@@H](C(=O)NCC3CCCCC3)Oc3ccc(C)cc32)cc1. The molecule has 2 aromatic rings. The number of hydrogen-bond acceptors (Lipinski definition) is 5. The number of carbonyl (C=O) groups is 1. The number of hydrogen-bond donors (Lipinski definition) is 1. The van der Waals surface area contributed by atoms with E-state index in [0.29, 0.717) is 29.6 Å². The minimum atomic E-state index is -3.90. The van der Waals surface area contributed by atoms with E-state index in [-0.39, 0.29) is 17.3 Å². The van der Waals surface area contributed by atoms with E-state index in [1.165, 1.54) is 42.8 Å². The van der Waals surface area contributed by atoms with Gasteiger partial charge in [-0.1, -0.05) is 25.3 Å². The lowest BCUT2D eigenvalue weighted by Crippen LogP contribution is -2.51. The van der Waals surface area contributed by atoms with Crippen molar-refractivity contribution < 1.29 is 22.7 Å². The zero-order chi connectivity index (χ0) is 22.7. The van der Waals surface area contributed by atoms with E-state index < -0.39 is 16.1 Å². The second-order valence-corrected chi connectivity index (χ2v) is 10.4. The molecule has 0 spiro atoms. The van der Waals surface area contributed by atoms with E-state index in [4.69, 9.17) is 9.47 Å². The third-order valence-electron chi connectivity index (χ3n) is 6.21. The van der Waals surface area contributed by atoms with E-state index in [2.05, 4.69) is 5.32 Å². The highest BCUT2D eigenvalue weighted by atomic mass is 32.2. The van der Waals surface area contributed by atoms with Crippen LogP contribution < -0.4 is 19.1 Å². The Bertz CT molecular complexity index is 1060. The van der Waals surface area contributed by atoms with E-state index in [1.807, 2.05) is 13.0 Å². The van der Waals surface area contributed by atoms with Crippen molar-refractivity contribution in [3.05, 3.63) is 48.0 Å². The number of nitrogens with zero attached hydrogens (tertiary/aromatic N) is 1. The van der Waals surface area contributed by atoms with Crippen molar-refractivity contribution in [3.8, 4) is 11.5 Å². The van der Waals surface area contributed by atoms with E-state index >= 15 is 0 Å². The normalized spacial score (nSPS) is 19.1. The van der Waals surface area contributed by atoms with Gasteiger partial charge in [-0.25, -0.2) is 8.42 Å². The highest BCUT2D eigenvalue weighted by Crippen LogP contribution is 2.38. The Morgan fingerprint density at radius 3 is 2.53 bits per heavy atom. The highest BCUT2D eigenvalue weighted by Gasteiger charge is 2.37. The molecule has 0 radical (unpaired) electrons. The Hall–Kier alpha value is -2.74. The first kappa shape index (κ1) is 22.5. The van der Waals surface area contributed by atoms with Crippen LogP contribution in [-0.4, -0.2) is 40.6 Å². The molecule has 1 aliphatic carbocycles. The van der Waals surface area contributed by atoms with Crippen LogP contribution in [0.4, 0.5) is 5.69 Å². The first-order valence-corrected chi connectivity index (χ1v) is 12.5. The van der Waals surface area contributed by atoms with Gasteiger partial charge in [-0.15, -0.1) is 0 Å². The molecule has 2 aliphatic rings. The van der Waals surface area contributed by atoms with Crippen molar-refractivity contribution in [2.75, 3.05) is 24.5 Å². The molecule has 172 valence electrons.